The largest absolute Gasteiger partial charge is 0.434 e. The predicted molar refractivity (Wildman–Crippen MR) is 71.2 cm³/mol. The van der Waals surface area contributed by atoms with Crippen LogP contribution in [0, 0.1) is 5.82 Å². The lowest BCUT2D eigenvalue weighted by atomic mass is 10.0. The summed E-state index contributed by atoms with van der Waals surface area (Å²) in [5.74, 6) is -1.31. The van der Waals surface area contributed by atoms with Crippen LogP contribution in [0.4, 0.5) is 17.6 Å². The van der Waals surface area contributed by atoms with Crippen molar-refractivity contribution in [3.8, 4) is 11.1 Å². The average molecular weight is 351 g/mol. The Hall–Kier alpha value is -1.93. The topological polar surface area (TPSA) is 43.1 Å². The predicted octanol–water partition coefficient (Wildman–Crippen LogP) is 4.26. The average Bonchev–Trinajstić information content (AvgIpc) is 2.84. The van der Waals surface area contributed by atoms with Crippen LogP contribution in [0.25, 0.3) is 16.9 Å². The fourth-order valence-electron chi connectivity index (χ4n) is 2.04. The van der Waals surface area contributed by atoms with Gasteiger partial charge < -0.3 is 0 Å². The van der Waals surface area contributed by atoms with Gasteiger partial charge in [0.15, 0.2) is 5.69 Å². The molecule has 0 aliphatic heterocycles. The first kappa shape index (κ1) is 15.0. The van der Waals surface area contributed by atoms with Gasteiger partial charge in [-0.25, -0.2) is 4.39 Å². The van der Waals surface area contributed by atoms with Crippen LogP contribution in [0.1, 0.15) is 5.69 Å². The van der Waals surface area contributed by atoms with E-state index >= 15 is 0 Å². The quantitative estimate of drug-likeness (QED) is 0.486. The first-order chi connectivity index (χ1) is 10.3. The van der Waals surface area contributed by atoms with Crippen molar-refractivity contribution in [3.63, 3.8) is 0 Å². The normalized spacial score (nSPS) is 12.1. The molecule has 0 saturated heterocycles. The van der Waals surface area contributed by atoms with Gasteiger partial charge in [-0.3, -0.25) is 0 Å². The summed E-state index contributed by atoms with van der Waals surface area (Å²) < 4.78 is 54.8. The minimum Gasteiger partial charge on any atom is -0.206 e. The monoisotopic (exact) mass is 350 g/mol. The first-order valence-electron chi connectivity index (χ1n) is 5.71. The van der Waals surface area contributed by atoms with Crippen molar-refractivity contribution >= 4 is 29.0 Å². The highest BCUT2D eigenvalue weighted by Crippen LogP contribution is 2.43. The van der Waals surface area contributed by atoms with E-state index in [4.69, 9.17) is 23.2 Å². The molecule has 0 N–H and O–H groups in total. The molecule has 0 spiro atoms. The number of nitrogens with zero attached hydrogens (tertiary/aromatic N) is 4. The summed E-state index contributed by atoms with van der Waals surface area (Å²) in [6.07, 6.45) is -3.99. The van der Waals surface area contributed by atoms with E-state index in [1.807, 2.05) is 0 Å². The highest BCUT2D eigenvalue weighted by Gasteiger charge is 2.40. The fourth-order valence-corrected chi connectivity index (χ4v) is 2.55. The van der Waals surface area contributed by atoms with Crippen molar-refractivity contribution in [2.24, 2.45) is 0 Å². The Morgan fingerprint density at radius 1 is 1.09 bits per heavy atom. The van der Waals surface area contributed by atoms with Crippen LogP contribution < -0.4 is 0 Å². The summed E-state index contributed by atoms with van der Waals surface area (Å²) >= 11 is 11.7. The summed E-state index contributed by atoms with van der Waals surface area (Å²) in [6, 6.07) is 3.50. The first-order valence-corrected chi connectivity index (χ1v) is 6.47. The molecule has 3 aromatic rings. The van der Waals surface area contributed by atoms with E-state index < -0.39 is 34.0 Å². The van der Waals surface area contributed by atoms with E-state index in [2.05, 4.69) is 15.1 Å². The lowest BCUT2D eigenvalue weighted by Crippen LogP contribution is -2.16. The Balaban J connectivity index is 2.51. The maximum Gasteiger partial charge on any atom is 0.434 e. The molecule has 0 saturated carbocycles. The minimum absolute atomic E-state index is 0.228. The molecule has 1 aromatic carbocycles. The number of benzene rings is 1. The molecular formula is C12H4Cl2F4N4. The lowest BCUT2D eigenvalue weighted by molar-refractivity contribution is -0.142. The van der Waals surface area contributed by atoms with E-state index in [1.54, 1.807) is 0 Å². The second-order valence-electron chi connectivity index (χ2n) is 4.19. The van der Waals surface area contributed by atoms with E-state index in [-0.39, 0.29) is 10.8 Å². The molecule has 0 fully saturated rings. The van der Waals surface area contributed by atoms with E-state index in [0.717, 1.165) is 12.4 Å². The van der Waals surface area contributed by atoms with Crippen LogP contribution in [0.2, 0.25) is 10.2 Å². The number of aromatic nitrogens is 4. The molecule has 0 radical (unpaired) electrons. The molecule has 114 valence electrons. The molecule has 0 bridgehead atoms. The van der Waals surface area contributed by atoms with Crippen LogP contribution in [0.5, 0.6) is 0 Å². The highest BCUT2D eigenvalue weighted by molar-refractivity contribution is 6.36. The molecule has 0 unspecified atom stereocenters. The lowest BCUT2D eigenvalue weighted by Gasteiger charge is -2.16. The number of rotatable bonds is 1. The molecule has 0 aliphatic carbocycles. The van der Waals surface area contributed by atoms with Gasteiger partial charge in [-0.1, -0.05) is 29.3 Å². The van der Waals surface area contributed by atoms with Crippen molar-refractivity contribution in [1.82, 2.24) is 19.6 Å². The van der Waals surface area contributed by atoms with Crippen LogP contribution in [0.15, 0.2) is 24.5 Å². The number of fused-ring (bicyclic) bond motifs is 1. The Morgan fingerprint density at radius 3 is 2.45 bits per heavy atom. The van der Waals surface area contributed by atoms with Crippen LogP contribution in [0.3, 0.4) is 0 Å². The zero-order chi connectivity index (χ0) is 16.1. The summed E-state index contributed by atoms with van der Waals surface area (Å²) in [5.41, 5.74) is -2.48. The Morgan fingerprint density at radius 2 is 1.82 bits per heavy atom. The summed E-state index contributed by atoms with van der Waals surface area (Å²) in [5, 5.41) is 2.67. The van der Waals surface area contributed by atoms with E-state index in [1.165, 1.54) is 12.1 Å². The molecule has 2 heterocycles. The van der Waals surface area contributed by atoms with Crippen molar-refractivity contribution in [3.05, 3.63) is 46.2 Å². The van der Waals surface area contributed by atoms with Crippen molar-refractivity contribution in [2.45, 2.75) is 6.18 Å². The van der Waals surface area contributed by atoms with Crippen molar-refractivity contribution in [2.75, 3.05) is 0 Å². The van der Waals surface area contributed by atoms with Crippen molar-refractivity contribution < 1.29 is 17.6 Å². The second kappa shape index (κ2) is 5.06. The number of hydrogen-bond donors (Lipinski definition) is 0. The van der Waals surface area contributed by atoms with Gasteiger partial charge in [-0.05, 0) is 12.1 Å². The number of hydrogen-bond acceptors (Lipinski definition) is 3. The van der Waals surface area contributed by atoms with Crippen LogP contribution in [-0.2, 0) is 6.18 Å². The summed E-state index contributed by atoms with van der Waals surface area (Å²) in [7, 11) is 0. The molecule has 22 heavy (non-hydrogen) atoms. The number of halogens is 6. The summed E-state index contributed by atoms with van der Waals surface area (Å²) in [4.78, 5) is 7.26. The van der Waals surface area contributed by atoms with Crippen LogP contribution >= 0.6 is 23.2 Å². The maximum absolute atomic E-state index is 14.0. The van der Waals surface area contributed by atoms with Gasteiger partial charge >= 0.3 is 6.18 Å². The fraction of sp³-hybridized carbons (Fsp3) is 0.0833. The zero-order valence-corrected chi connectivity index (χ0v) is 11.9. The smallest absolute Gasteiger partial charge is 0.206 e. The molecule has 10 heteroatoms. The zero-order valence-electron chi connectivity index (χ0n) is 10.4. The van der Waals surface area contributed by atoms with Gasteiger partial charge in [0.05, 0.1) is 10.6 Å². The van der Waals surface area contributed by atoms with Crippen LogP contribution in [-0.4, -0.2) is 19.6 Å². The van der Waals surface area contributed by atoms with Gasteiger partial charge in [-0.15, -0.1) is 0 Å². The molecule has 0 aliphatic rings. The third-order valence-electron chi connectivity index (χ3n) is 2.86. The summed E-state index contributed by atoms with van der Waals surface area (Å²) in [6.45, 7) is 0. The van der Waals surface area contributed by atoms with Gasteiger partial charge in [0.25, 0.3) is 5.78 Å². The van der Waals surface area contributed by atoms with Gasteiger partial charge in [0, 0.05) is 5.56 Å². The standard InChI is InChI=1S/C12H4Cl2F4N4/c13-5-2-1-3-6(15)7(5)8-9(12(16,17)18)22-11(19-4-20-22)21-10(8)14/h1-4H. The van der Waals surface area contributed by atoms with Crippen molar-refractivity contribution in [1.29, 1.82) is 0 Å². The Labute approximate surface area is 130 Å². The van der Waals surface area contributed by atoms with E-state index in [9.17, 15) is 17.6 Å². The molecule has 4 nitrogen and oxygen atoms in total. The molecule has 0 amide bonds. The van der Waals surface area contributed by atoms with E-state index in [0.29, 0.717) is 4.52 Å². The van der Waals surface area contributed by atoms with Gasteiger partial charge in [0.1, 0.15) is 17.3 Å². The SMILES string of the molecule is Fc1cccc(Cl)c1-c1c(Cl)nc2ncnn2c1C(F)(F)F. The molecular weight excluding hydrogens is 347 g/mol. The van der Waals surface area contributed by atoms with Gasteiger partial charge in [0.2, 0.25) is 0 Å². The Kier molecular flexibility index (Phi) is 3.45. The third kappa shape index (κ3) is 2.28. The Bertz CT molecular complexity index is 855. The molecule has 0 atom stereocenters. The molecule has 3 rings (SSSR count). The number of alkyl halides is 3. The molecule has 2 aromatic heterocycles. The minimum atomic E-state index is -4.88. The van der Waals surface area contributed by atoms with Gasteiger partial charge in [-0.2, -0.15) is 32.8 Å². The highest BCUT2D eigenvalue weighted by atomic mass is 35.5. The second-order valence-corrected chi connectivity index (χ2v) is 4.96. The third-order valence-corrected chi connectivity index (χ3v) is 3.45. The maximum atomic E-state index is 14.0.